The van der Waals surface area contributed by atoms with E-state index in [4.69, 9.17) is 4.74 Å². The van der Waals surface area contributed by atoms with Gasteiger partial charge in [0, 0.05) is 52.5 Å². The van der Waals surface area contributed by atoms with E-state index in [2.05, 4.69) is 68.3 Å². The topological polar surface area (TPSA) is 58.2 Å². The Balaban J connectivity index is 1.40. The van der Waals surface area contributed by atoms with Gasteiger partial charge in [-0.2, -0.15) is 0 Å². The zero-order valence-electron chi connectivity index (χ0n) is 15.5. The summed E-state index contributed by atoms with van der Waals surface area (Å²) in [4.78, 5) is 22.2. The van der Waals surface area contributed by atoms with E-state index in [0.29, 0.717) is 18.2 Å². The van der Waals surface area contributed by atoms with Crippen molar-refractivity contribution in [3.05, 3.63) is 70.1 Å². The van der Waals surface area contributed by atoms with Crippen LogP contribution in [-0.2, 0) is 11.2 Å². The van der Waals surface area contributed by atoms with E-state index < -0.39 is 0 Å². The minimum atomic E-state index is -0.337. The van der Waals surface area contributed by atoms with Crippen molar-refractivity contribution in [2.24, 2.45) is 5.92 Å². The van der Waals surface area contributed by atoms with Gasteiger partial charge in [-0.25, -0.2) is 4.79 Å². The van der Waals surface area contributed by atoms with E-state index in [1.54, 1.807) is 12.3 Å². The van der Waals surface area contributed by atoms with Crippen molar-refractivity contribution in [1.29, 1.82) is 0 Å². The van der Waals surface area contributed by atoms with E-state index >= 15 is 0 Å². The summed E-state index contributed by atoms with van der Waals surface area (Å²) in [7, 11) is 2.16. The number of pyridine rings is 1. The van der Waals surface area contributed by atoms with E-state index in [1.165, 1.54) is 33.8 Å². The highest BCUT2D eigenvalue weighted by Crippen LogP contribution is 2.40. The smallest absolute Gasteiger partial charge is 0.339 e. The zero-order valence-corrected chi connectivity index (χ0v) is 17.1. The standard InChI is InChI=1S/C22H20BrN3O2/c1-26-11-13(12-28-22(27)15-6-16(23)10-24-8-15)5-18-17-3-2-4-19-21(17)14(9-25-19)7-20(18)26/h2-6,8-10,13,20,25H,7,11-12H2,1H3/t13-,20-/m1/s1. The summed E-state index contributed by atoms with van der Waals surface area (Å²) in [6.07, 6.45) is 8.64. The van der Waals surface area contributed by atoms with Crippen LogP contribution in [0.4, 0.5) is 0 Å². The van der Waals surface area contributed by atoms with Crippen LogP contribution in [0.5, 0.6) is 0 Å². The van der Waals surface area contributed by atoms with Gasteiger partial charge in [-0.05, 0) is 58.2 Å². The predicted molar refractivity (Wildman–Crippen MR) is 112 cm³/mol. The lowest BCUT2D eigenvalue weighted by atomic mass is 9.80. The van der Waals surface area contributed by atoms with Gasteiger partial charge >= 0.3 is 5.97 Å². The van der Waals surface area contributed by atoms with Crippen molar-refractivity contribution in [2.45, 2.75) is 12.5 Å². The summed E-state index contributed by atoms with van der Waals surface area (Å²) in [5, 5.41) is 1.33. The number of ether oxygens (including phenoxy) is 1. The average Bonchev–Trinajstić information content (AvgIpc) is 3.11. The molecular weight excluding hydrogens is 418 g/mol. The summed E-state index contributed by atoms with van der Waals surface area (Å²) < 4.78 is 6.37. The number of esters is 1. The number of fused-ring (bicyclic) bond motifs is 2. The van der Waals surface area contributed by atoms with Crippen LogP contribution in [0.25, 0.3) is 16.5 Å². The summed E-state index contributed by atoms with van der Waals surface area (Å²) in [6, 6.07) is 8.53. The van der Waals surface area contributed by atoms with Gasteiger partial charge in [0.05, 0.1) is 12.2 Å². The number of nitrogens with one attached hydrogen (secondary N) is 1. The van der Waals surface area contributed by atoms with Crippen LogP contribution in [0, 0.1) is 5.92 Å². The van der Waals surface area contributed by atoms with Crippen molar-refractivity contribution in [3.63, 3.8) is 0 Å². The van der Waals surface area contributed by atoms with Crippen molar-refractivity contribution in [1.82, 2.24) is 14.9 Å². The highest BCUT2D eigenvalue weighted by atomic mass is 79.9. The van der Waals surface area contributed by atoms with Gasteiger partial charge in [-0.1, -0.05) is 18.2 Å². The lowest BCUT2D eigenvalue weighted by Gasteiger charge is -2.39. The fourth-order valence-electron chi connectivity index (χ4n) is 4.44. The molecule has 1 aliphatic heterocycles. The molecule has 1 N–H and O–H groups in total. The maximum Gasteiger partial charge on any atom is 0.339 e. The van der Waals surface area contributed by atoms with Gasteiger partial charge in [0.1, 0.15) is 0 Å². The number of carbonyl (C=O) groups is 1. The monoisotopic (exact) mass is 437 g/mol. The van der Waals surface area contributed by atoms with E-state index in [-0.39, 0.29) is 11.9 Å². The highest BCUT2D eigenvalue weighted by Gasteiger charge is 2.33. The minimum absolute atomic E-state index is 0.163. The van der Waals surface area contributed by atoms with Crippen LogP contribution in [0.3, 0.4) is 0 Å². The van der Waals surface area contributed by atoms with Crippen LogP contribution < -0.4 is 0 Å². The summed E-state index contributed by atoms with van der Waals surface area (Å²) in [5.74, 6) is -0.174. The molecule has 2 atom stereocenters. The molecule has 0 saturated carbocycles. The number of hydrogen-bond acceptors (Lipinski definition) is 4. The van der Waals surface area contributed by atoms with Gasteiger partial charge < -0.3 is 9.72 Å². The molecule has 142 valence electrons. The van der Waals surface area contributed by atoms with Crippen molar-refractivity contribution < 1.29 is 9.53 Å². The predicted octanol–water partition coefficient (Wildman–Crippen LogP) is 4.05. The van der Waals surface area contributed by atoms with Gasteiger partial charge in [0.25, 0.3) is 0 Å². The largest absolute Gasteiger partial charge is 0.461 e. The molecule has 28 heavy (non-hydrogen) atoms. The van der Waals surface area contributed by atoms with E-state index in [9.17, 15) is 4.79 Å². The van der Waals surface area contributed by atoms with Crippen molar-refractivity contribution in [3.8, 4) is 0 Å². The molecule has 2 aromatic heterocycles. The summed E-state index contributed by atoms with van der Waals surface area (Å²) in [6.45, 7) is 1.23. The van der Waals surface area contributed by atoms with Crippen LogP contribution in [-0.4, -0.2) is 47.1 Å². The summed E-state index contributed by atoms with van der Waals surface area (Å²) in [5.41, 5.74) is 5.67. The Hall–Kier alpha value is -2.44. The van der Waals surface area contributed by atoms with Gasteiger partial charge in [-0.3, -0.25) is 9.88 Å². The van der Waals surface area contributed by atoms with E-state index in [0.717, 1.165) is 17.4 Å². The van der Waals surface area contributed by atoms with E-state index in [1.807, 2.05) is 0 Å². The number of hydrogen-bond donors (Lipinski definition) is 1. The van der Waals surface area contributed by atoms with Crippen LogP contribution >= 0.6 is 15.9 Å². The molecular formula is C22H20BrN3O2. The zero-order chi connectivity index (χ0) is 19.3. The first-order valence-corrected chi connectivity index (χ1v) is 10.2. The summed E-state index contributed by atoms with van der Waals surface area (Å²) >= 11 is 3.34. The first kappa shape index (κ1) is 17.6. The fourth-order valence-corrected chi connectivity index (χ4v) is 4.81. The maximum absolute atomic E-state index is 12.4. The second-order valence-corrected chi connectivity index (χ2v) is 8.49. The van der Waals surface area contributed by atoms with Gasteiger partial charge in [0.15, 0.2) is 0 Å². The normalized spacial score (nSPS) is 21.3. The Kier molecular flexibility index (Phi) is 4.33. The molecule has 6 heteroatoms. The molecule has 0 spiro atoms. The Labute approximate surface area is 171 Å². The maximum atomic E-state index is 12.4. The fraction of sp³-hybridized carbons (Fsp3) is 0.273. The molecule has 1 aromatic carbocycles. The molecule has 5 rings (SSSR count). The minimum Gasteiger partial charge on any atom is -0.461 e. The third-order valence-electron chi connectivity index (χ3n) is 5.71. The van der Waals surface area contributed by atoms with Gasteiger partial charge in [-0.15, -0.1) is 0 Å². The number of H-pyrrole nitrogens is 1. The van der Waals surface area contributed by atoms with Crippen LogP contribution in [0.15, 0.2) is 53.4 Å². The van der Waals surface area contributed by atoms with Crippen LogP contribution in [0.2, 0.25) is 0 Å². The molecule has 0 bridgehead atoms. The molecule has 0 saturated heterocycles. The van der Waals surface area contributed by atoms with Crippen LogP contribution in [0.1, 0.15) is 21.5 Å². The molecule has 0 radical (unpaired) electrons. The molecule has 3 heterocycles. The number of likely N-dealkylation sites (N-methyl/N-ethyl adjacent to an activating group) is 1. The number of rotatable bonds is 3. The second-order valence-electron chi connectivity index (χ2n) is 7.57. The molecule has 2 aliphatic rings. The molecule has 1 aliphatic carbocycles. The highest BCUT2D eigenvalue weighted by molar-refractivity contribution is 9.10. The molecule has 0 amide bonds. The quantitative estimate of drug-likeness (QED) is 0.627. The SMILES string of the molecule is CN1C[C@H](COC(=O)c2cncc(Br)c2)C=C2c3cccc4[nH]cc(c34)C[C@H]21. The molecule has 0 unspecified atom stereocenters. The van der Waals surface area contributed by atoms with Crippen molar-refractivity contribution in [2.75, 3.05) is 20.2 Å². The number of halogens is 1. The lowest BCUT2D eigenvalue weighted by molar-refractivity contribution is 0.0435. The first-order valence-electron chi connectivity index (χ1n) is 9.39. The Morgan fingerprint density at radius 3 is 3.14 bits per heavy atom. The number of carbonyl (C=O) groups excluding carboxylic acids is 1. The lowest BCUT2D eigenvalue weighted by Crippen LogP contribution is -2.43. The number of aromatic amines is 1. The number of nitrogens with zero attached hydrogens (tertiary/aromatic N) is 2. The Morgan fingerprint density at radius 1 is 1.39 bits per heavy atom. The Morgan fingerprint density at radius 2 is 2.29 bits per heavy atom. The average molecular weight is 438 g/mol. The number of benzene rings is 1. The molecule has 0 fully saturated rings. The molecule has 3 aromatic rings. The van der Waals surface area contributed by atoms with Crippen molar-refractivity contribution >= 4 is 38.4 Å². The number of aromatic nitrogens is 2. The second kappa shape index (κ2) is 6.87. The third-order valence-corrected chi connectivity index (χ3v) is 6.14. The van der Waals surface area contributed by atoms with Gasteiger partial charge in [0.2, 0.25) is 0 Å². The first-order chi connectivity index (χ1) is 13.6. The molecule has 5 nitrogen and oxygen atoms in total. The Bertz CT molecular complexity index is 1100. The third kappa shape index (κ3) is 2.97.